The van der Waals surface area contributed by atoms with Gasteiger partial charge in [0.05, 0.1) is 4.90 Å². The molecule has 100 valence electrons. The normalized spacial score (nSPS) is 20.8. The molecule has 0 radical (unpaired) electrons. The van der Waals surface area contributed by atoms with E-state index in [0.717, 1.165) is 19.3 Å². The van der Waals surface area contributed by atoms with Gasteiger partial charge in [-0.1, -0.05) is 38.5 Å². The molecule has 1 aliphatic heterocycles. The van der Waals surface area contributed by atoms with Crippen LogP contribution in [0.15, 0.2) is 35.2 Å². The number of rotatable bonds is 3. The Labute approximate surface area is 110 Å². The van der Waals surface area contributed by atoms with E-state index in [2.05, 4.69) is 13.8 Å². The molecule has 1 saturated heterocycles. The summed E-state index contributed by atoms with van der Waals surface area (Å²) in [6.45, 7) is 5.71. The molecule has 0 amide bonds. The molecule has 18 heavy (non-hydrogen) atoms. The van der Waals surface area contributed by atoms with Gasteiger partial charge in [0.2, 0.25) is 10.0 Å². The lowest BCUT2D eigenvalue weighted by Gasteiger charge is -2.38. The minimum atomic E-state index is -3.29. The molecule has 0 aliphatic carbocycles. The second-order valence-electron chi connectivity index (χ2n) is 5.38. The van der Waals surface area contributed by atoms with Crippen LogP contribution in [0.2, 0.25) is 0 Å². The first kappa shape index (κ1) is 13.6. The first-order valence-electron chi connectivity index (χ1n) is 6.53. The van der Waals surface area contributed by atoms with Crippen LogP contribution in [0, 0.1) is 5.41 Å². The van der Waals surface area contributed by atoms with Gasteiger partial charge in [0, 0.05) is 13.1 Å². The van der Waals surface area contributed by atoms with E-state index >= 15 is 0 Å². The maximum Gasteiger partial charge on any atom is 0.243 e. The van der Waals surface area contributed by atoms with E-state index in [9.17, 15) is 8.42 Å². The quantitative estimate of drug-likeness (QED) is 0.844. The third-order valence-corrected chi connectivity index (χ3v) is 6.08. The van der Waals surface area contributed by atoms with Crippen molar-refractivity contribution < 1.29 is 8.42 Å². The average molecular weight is 267 g/mol. The van der Waals surface area contributed by atoms with Crippen LogP contribution in [0.5, 0.6) is 0 Å². The summed E-state index contributed by atoms with van der Waals surface area (Å²) in [4.78, 5) is 0.408. The average Bonchev–Trinajstić information content (AvgIpc) is 2.40. The third-order valence-electron chi connectivity index (χ3n) is 4.16. The van der Waals surface area contributed by atoms with Crippen molar-refractivity contribution in [3.05, 3.63) is 30.3 Å². The van der Waals surface area contributed by atoms with Crippen molar-refractivity contribution in [1.29, 1.82) is 0 Å². The SMILES string of the molecule is CCC1(C)CCN(S(=O)(=O)c2ccccc2)CC1. The molecule has 0 saturated carbocycles. The van der Waals surface area contributed by atoms with E-state index in [1.165, 1.54) is 0 Å². The maximum atomic E-state index is 12.4. The summed E-state index contributed by atoms with van der Waals surface area (Å²) in [5, 5.41) is 0. The zero-order valence-electron chi connectivity index (χ0n) is 11.1. The van der Waals surface area contributed by atoms with Crippen LogP contribution in [0.3, 0.4) is 0 Å². The summed E-state index contributed by atoms with van der Waals surface area (Å²) in [7, 11) is -3.29. The van der Waals surface area contributed by atoms with Crippen LogP contribution < -0.4 is 0 Å². The van der Waals surface area contributed by atoms with Crippen molar-refractivity contribution in [2.45, 2.75) is 38.0 Å². The predicted octanol–water partition coefficient (Wildman–Crippen LogP) is 2.89. The number of hydrogen-bond acceptors (Lipinski definition) is 2. The van der Waals surface area contributed by atoms with Gasteiger partial charge >= 0.3 is 0 Å². The zero-order valence-corrected chi connectivity index (χ0v) is 11.9. The third kappa shape index (κ3) is 2.59. The molecule has 2 rings (SSSR count). The summed E-state index contributed by atoms with van der Waals surface area (Å²) in [5.74, 6) is 0. The molecule has 0 N–H and O–H groups in total. The van der Waals surface area contributed by atoms with Gasteiger partial charge in [0.1, 0.15) is 0 Å². The van der Waals surface area contributed by atoms with Gasteiger partial charge in [0.25, 0.3) is 0 Å². The zero-order chi connectivity index (χ0) is 13.2. The summed E-state index contributed by atoms with van der Waals surface area (Å²) >= 11 is 0. The Kier molecular flexibility index (Phi) is 3.78. The van der Waals surface area contributed by atoms with Gasteiger partial charge < -0.3 is 0 Å². The van der Waals surface area contributed by atoms with Crippen LogP contribution in [0.4, 0.5) is 0 Å². The van der Waals surface area contributed by atoms with E-state index in [4.69, 9.17) is 0 Å². The molecule has 1 fully saturated rings. The highest BCUT2D eigenvalue weighted by Crippen LogP contribution is 2.35. The topological polar surface area (TPSA) is 37.4 Å². The molecular weight excluding hydrogens is 246 g/mol. The molecule has 0 atom stereocenters. The standard InChI is InChI=1S/C14H21NO2S/c1-3-14(2)9-11-15(12-10-14)18(16,17)13-7-5-4-6-8-13/h4-8H,3,9-12H2,1-2H3. The van der Waals surface area contributed by atoms with E-state index in [-0.39, 0.29) is 0 Å². The van der Waals surface area contributed by atoms with Crippen molar-refractivity contribution in [1.82, 2.24) is 4.31 Å². The highest BCUT2D eigenvalue weighted by molar-refractivity contribution is 7.89. The second kappa shape index (κ2) is 5.02. The Balaban J connectivity index is 2.15. The van der Waals surface area contributed by atoms with Gasteiger partial charge in [-0.05, 0) is 30.4 Å². The minimum absolute atomic E-state index is 0.308. The summed E-state index contributed by atoms with van der Waals surface area (Å²) < 4.78 is 26.4. The molecule has 1 aliphatic rings. The van der Waals surface area contributed by atoms with E-state index < -0.39 is 10.0 Å². The number of sulfonamides is 1. The Morgan fingerprint density at radius 2 is 1.72 bits per heavy atom. The smallest absolute Gasteiger partial charge is 0.207 e. The number of piperidine rings is 1. The summed E-state index contributed by atoms with van der Waals surface area (Å²) in [6.07, 6.45) is 3.03. The number of nitrogens with zero attached hydrogens (tertiary/aromatic N) is 1. The van der Waals surface area contributed by atoms with Gasteiger partial charge in [-0.15, -0.1) is 0 Å². The monoisotopic (exact) mass is 267 g/mol. The van der Waals surface area contributed by atoms with Crippen LogP contribution in [0.1, 0.15) is 33.1 Å². The van der Waals surface area contributed by atoms with Gasteiger partial charge in [-0.3, -0.25) is 0 Å². The van der Waals surface area contributed by atoms with Crippen molar-refractivity contribution in [3.8, 4) is 0 Å². The van der Waals surface area contributed by atoms with Gasteiger partial charge in [0.15, 0.2) is 0 Å². The van der Waals surface area contributed by atoms with Crippen LogP contribution in [-0.4, -0.2) is 25.8 Å². The molecule has 0 unspecified atom stereocenters. The molecular formula is C14H21NO2S. The Morgan fingerprint density at radius 1 is 1.17 bits per heavy atom. The lowest BCUT2D eigenvalue weighted by molar-refractivity contribution is 0.169. The second-order valence-corrected chi connectivity index (χ2v) is 7.32. The first-order chi connectivity index (χ1) is 8.48. The minimum Gasteiger partial charge on any atom is -0.207 e. The molecule has 1 heterocycles. The van der Waals surface area contributed by atoms with E-state index in [0.29, 0.717) is 23.4 Å². The van der Waals surface area contributed by atoms with Crippen LogP contribution >= 0.6 is 0 Å². The van der Waals surface area contributed by atoms with E-state index in [1.807, 2.05) is 6.07 Å². The summed E-state index contributed by atoms with van der Waals surface area (Å²) in [6, 6.07) is 8.72. The molecule has 4 heteroatoms. The number of benzene rings is 1. The number of hydrogen-bond donors (Lipinski definition) is 0. The Bertz CT molecular complexity index is 488. The fourth-order valence-electron chi connectivity index (χ4n) is 2.36. The predicted molar refractivity (Wildman–Crippen MR) is 72.8 cm³/mol. The Hall–Kier alpha value is -0.870. The fourth-order valence-corrected chi connectivity index (χ4v) is 3.82. The van der Waals surface area contributed by atoms with Gasteiger partial charge in [-0.2, -0.15) is 4.31 Å². The largest absolute Gasteiger partial charge is 0.243 e. The van der Waals surface area contributed by atoms with Gasteiger partial charge in [-0.25, -0.2) is 8.42 Å². The molecule has 1 aromatic carbocycles. The molecule has 0 aromatic heterocycles. The lowest BCUT2D eigenvalue weighted by atomic mass is 9.79. The van der Waals surface area contributed by atoms with Crippen molar-refractivity contribution in [2.24, 2.45) is 5.41 Å². The molecule has 3 nitrogen and oxygen atoms in total. The fraction of sp³-hybridized carbons (Fsp3) is 0.571. The highest BCUT2D eigenvalue weighted by atomic mass is 32.2. The molecule has 0 spiro atoms. The highest BCUT2D eigenvalue weighted by Gasteiger charge is 2.34. The summed E-state index contributed by atoms with van der Waals surface area (Å²) in [5.41, 5.74) is 0.308. The molecule has 0 bridgehead atoms. The van der Waals surface area contributed by atoms with Crippen LogP contribution in [-0.2, 0) is 10.0 Å². The first-order valence-corrected chi connectivity index (χ1v) is 7.97. The maximum absolute atomic E-state index is 12.4. The van der Waals surface area contributed by atoms with Crippen molar-refractivity contribution in [3.63, 3.8) is 0 Å². The van der Waals surface area contributed by atoms with Crippen molar-refractivity contribution >= 4 is 10.0 Å². The van der Waals surface area contributed by atoms with Crippen LogP contribution in [0.25, 0.3) is 0 Å². The molecule has 1 aromatic rings. The lowest BCUT2D eigenvalue weighted by Crippen LogP contribution is -2.41. The van der Waals surface area contributed by atoms with E-state index in [1.54, 1.807) is 28.6 Å². The van der Waals surface area contributed by atoms with Crippen molar-refractivity contribution in [2.75, 3.05) is 13.1 Å². The Morgan fingerprint density at radius 3 is 2.22 bits per heavy atom.